The third kappa shape index (κ3) is 3.74. The van der Waals surface area contributed by atoms with Crippen LogP contribution in [-0.2, 0) is 0 Å². The van der Waals surface area contributed by atoms with Gasteiger partial charge in [0.1, 0.15) is 10.8 Å². The van der Waals surface area contributed by atoms with Gasteiger partial charge >= 0.3 is 0 Å². The normalized spacial score (nSPS) is 12.2. The second kappa shape index (κ2) is 7.31. The molecule has 4 heteroatoms. The first kappa shape index (κ1) is 14.9. The Morgan fingerprint density at radius 2 is 2.10 bits per heavy atom. The van der Waals surface area contributed by atoms with Crippen LogP contribution in [0.4, 0.5) is 0 Å². The molecule has 1 heterocycles. The monoisotopic (exact) mass is 288 g/mol. The molecule has 1 aromatic carbocycles. The van der Waals surface area contributed by atoms with Gasteiger partial charge < -0.3 is 10.1 Å². The summed E-state index contributed by atoms with van der Waals surface area (Å²) in [4.78, 5) is 5.51. The largest absolute Gasteiger partial charge is 0.496 e. The van der Waals surface area contributed by atoms with E-state index in [2.05, 4.69) is 36.3 Å². The molecule has 0 saturated carbocycles. The van der Waals surface area contributed by atoms with Crippen LogP contribution in [0.1, 0.15) is 25.5 Å². The van der Waals surface area contributed by atoms with Crippen molar-refractivity contribution < 1.29 is 4.74 Å². The van der Waals surface area contributed by atoms with Crippen LogP contribution in [0, 0.1) is 0 Å². The van der Waals surface area contributed by atoms with Crippen LogP contribution in [0.25, 0.3) is 0 Å². The predicted octanol–water partition coefficient (Wildman–Crippen LogP) is 3.91. The van der Waals surface area contributed by atoms with Crippen LogP contribution in [0.15, 0.2) is 52.5 Å². The van der Waals surface area contributed by atoms with Crippen molar-refractivity contribution in [3.63, 3.8) is 0 Å². The fourth-order valence-electron chi connectivity index (χ4n) is 1.99. The van der Waals surface area contributed by atoms with Crippen molar-refractivity contribution in [1.29, 1.82) is 0 Å². The highest BCUT2D eigenvalue weighted by molar-refractivity contribution is 7.99. The van der Waals surface area contributed by atoms with E-state index < -0.39 is 0 Å². The Labute approximate surface area is 124 Å². The average Bonchev–Trinajstić information content (AvgIpc) is 2.48. The molecule has 20 heavy (non-hydrogen) atoms. The highest BCUT2D eigenvalue weighted by Gasteiger charge is 2.08. The van der Waals surface area contributed by atoms with Gasteiger partial charge in [-0.2, -0.15) is 0 Å². The Hall–Kier alpha value is -1.52. The molecule has 0 saturated heterocycles. The van der Waals surface area contributed by atoms with E-state index in [4.69, 9.17) is 4.74 Å². The lowest BCUT2D eigenvalue weighted by Crippen LogP contribution is -2.17. The van der Waals surface area contributed by atoms with Gasteiger partial charge in [0.25, 0.3) is 0 Å². The fourth-order valence-corrected chi connectivity index (χ4v) is 2.92. The maximum atomic E-state index is 5.37. The maximum absolute atomic E-state index is 5.37. The smallest absolute Gasteiger partial charge is 0.132 e. The molecule has 0 fully saturated rings. The zero-order valence-electron chi connectivity index (χ0n) is 12.1. The van der Waals surface area contributed by atoms with Gasteiger partial charge in [0, 0.05) is 12.2 Å². The van der Waals surface area contributed by atoms with Crippen molar-refractivity contribution >= 4 is 11.8 Å². The zero-order chi connectivity index (χ0) is 14.4. The lowest BCUT2D eigenvalue weighted by Gasteiger charge is -2.13. The first-order valence-corrected chi connectivity index (χ1v) is 7.56. The Balaban J connectivity index is 2.19. The zero-order valence-corrected chi connectivity index (χ0v) is 12.9. The summed E-state index contributed by atoms with van der Waals surface area (Å²) >= 11 is 1.62. The van der Waals surface area contributed by atoms with Crippen LogP contribution >= 0.6 is 11.8 Å². The lowest BCUT2D eigenvalue weighted by molar-refractivity contribution is 0.405. The third-order valence-corrected chi connectivity index (χ3v) is 4.04. The molecule has 1 aromatic heterocycles. The Morgan fingerprint density at radius 3 is 2.85 bits per heavy atom. The molecule has 0 amide bonds. The second-order valence-electron chi connectivity index (χ2n) is 4.46. The van der Waals surface area contributed by atoms with E-state index in [1.807, 2.05) is 30.5 Å². The minimum atomic E-state index is 0.333. The van der Waals surface area contributed by atoms with Crippen molar-refractivity contribution in [1.82, 2.24) is 10.3 Å². The van der Waals surface area contributed by atoms with Gasteiger partial charge in [-0.05, 0) is 43.3 Å². The van der Waals surface area contributed by atoms with Crippen LogP contribution in [0.3, 0.4) is 0 Å². The number of rotatable bonds is 6. The molecule has 1 unspecified atom stereocenters. The van der Waals surface area contributed by atoms with E-state index in [0.717, 1.165) is 22.2 Å². The van der Waals surface area contributed by atoms with Crippen LogP contribution in [-0.4, -0.2) is 18.6 Å². The number of nitrogens with zero attached hydrogens (tertiary/aromatic N) is 1. The Bertz CT molecular complexity index is 560. The van der Waals surface area contributed by atoms with E-state index in [0.29, 0.717) is 6.04 Å². The van der Waals surface area contributed by atoms with Crippen LogP contribution in [0.5, 0.6) is 5.75 Å². The van der Waals surface area contributed by atoms with Crippen LogP contribution < -0.4 is 10.1 Å². The molecule has 106 valence electrons. The number of ether oxygens (including phenoxy) is 1. The van der Waals surface area contributed by atoms with Gasteiger partial charge in [-0.3, -0.25) is 0 Å². The van der Waals surface area contributed by atoms with Gasteiger partial charge in [-0.1, -0.05) is 30.8 Å². The molecule has 0 spiro atoms. The number of para-hydroxylation sites is 1. The molecule has 0 aliphatic rings. The van der Waals surface area contributed by atoms with Crippen molar-refractivity contribution in [2.24, 2.45) is 0 Å². The van der Waals surface area contributed by atoms with Gasteiger partial charge in [-0.15, -0.1) is 0 Å². The molecule has 0 bridgehead atoms. The van der Waals surface area contributed by atoms with Gasteiger partial charge in [0.15, 0.2) is 0 Å². The molecule has 2 rings (SSSR count). The fraction of sp³-hybridized carbons (Fsp3) is 0.312. The Morgan fingerprint density at radius 1 is 1.30 bits per heavy atom. The first-order valence-electron chi connectivity index (χ1n) is 6.74. The minimum Gasteiger partial charge on any atom is -0.496 e. The number of hydrogen-bond donors (Lipinski definition) is 1. The van der Waals surface area contributed by atoms with E-state index in [9.17, 15) is 0 Å². The van der Waals surface area contributed by atoms with Crippen molar-refractivity contribution in [2.45, 2.75) is 29.8 Å². The Kier molecular flexibility index (Phi) is 5.44. The van der Waals surface area contributed by atoms with Gasteiger partial charge in [0.2, 0.25) is 0 Å². The summed E-state index contributed by atoms with van der Waals surface area (Å²) in [6, 6.07) is 12.5. The summed E-state index contributed by atoms with van der Waals surface area (Å²) < 4.78 is 5.37. The topological polar surface area (TPSA) is 34.2 Å². The first-order chi connectivity index (χ1) is 9.74. The van der Waals surface area contributed by atoms with E-state index in [1.165, 1.54) is 5.56 Å². The second-order valence-corrected chi connectivity index (χ2v) is 5.52. The summed E-state index contributed by atoms with van der Waals surface area (Å²) in [6.07, 6.45) is 1.86. The maximum Gasteiger partial charge on any atom is 0.132 e. The molecule has 3 nitrogen and oxygen atoms in total. The molecular weight excluding hydrogens is 268 g/mol. The molecule has 1 N–H and O–H groups in total. The summed E-state index contributed by atoms with van der Waals surface area (Å²) in [6.45, 7) is 5.23. The van der Waals surface area contributed by atoms with Crippen molar-refractivity contribution in [3.05, 3.63) is 48.2 Å². The number of benzene rings is 1. The third-order valence-electron chi connectivity index (χ3n) is 3.05. The SMILES string of the molecule is CCNC(C)c1ccnc(Sc2ccccc2OC)c1. The molecule has 0 aliphatic heterocycles. The van der Waals surface area contributed by atoms with Gasteiger partial charge in [-0.25, -0.2) is 4.98 Å². The molecule has 0 aliphatic carbocycles. The van der Waals surface area contributed by atoms with E-state index >= 15 is 0 Å². The van der Waals surface area contributed by atoms with Gasteiger partial charge in [0.05, 0.1) is 12.0 Å². The molecule has 2 aromatic rings. The summed E-state index contributed by atoms with van der Waals surface area (Å²) in [5.41, 5.74) is 1.25. The summed E-state index contributed by atoms with van der Waals surface area (Å²) in [7, 11) is 1.69. The number of methoxy groups -OCH3 is 1. The van der Waals surface area contributed by atoms with Crippen LogP contribution in [0.2, 0.25) is 0 Å². The summed E-state index contributed by atoms with van der Waals surface area (Å²) in [5, 5.41) is 4.40. The number of aromatic nitrogens is 1. The highest BCUT2D eigenvalue weighted by atomic mass is 32.2. The lowest BCUT2D eigenvalue weighted by atomic mass is 10.1. The predicted molar refractivity (Wildman–Crippen MR) is 83.4 cm³/mol. The minimum absolute atomic E-state index is 0.333. The number of pyridine rings is 1. The van der Waals surface area contributed by atoms with E-state index in [-0.39, 0.29) is 0 Å². The highest BCUT2D eigenvalue weighted by Crippen LogP contribution is 2.34. The number of nitrogens with one attached hydrogen (secondary N) is 1. The molecule has 0 radical (unpaired) electrons. The molecular formula is C16H20N2OS. The van der Waals surface area contributed by atoms with Crippen molar-refractivity contribution in [2.75, 3.05) is 13.7 Å². The average molecular weight is 288 g/mol. The standard InChI is InChI=1S/C16H20N2OS/c1-4-17-12(2)13-9-10-18-16(11-13)20-15-8-6-5-7-14(15)19-3/h5-12,17H,4H2,1-3H3. The quantitative estimate of drug-likeness (QED) is 0.874. The van der Waals surface area contributed by atoms with Crippen molar-refractivity contribution in [3.8, 4) is 5.75 Å². The molecule has 1 atom stereocenters. The van der Waals surface area contributed by atoms with E-state index in [1.54, 1.807) is 18.9 Å². The number of hydrogen-bond acceptors (Lipinski definition) is 4. The summed E-state index contributed by atoms with van der Waals surface area (Å²) in [5.74, 6) is 0.879.